The Morgan fingerprint density at radius 2 is 1.77 bits per heavy atom. The van der Waals surface area contributed by atoms with Crippen LogP contribution < -0.4 is 15.2 Å². The van der Waals surface area contributed by atoms with Gasteiger partial charge in [0.25, 0.3) is 5.91 Å². The number of imidazole rings is 1. The van der Waals surface area contributed by atoms with Gasteiger partial charge in [0.15, 0.2) is 6.17 Å². The lowest BCUT2D eigenvalue weighted by Crippen LogP contribution is -2.49. The van der Waals surface area contributed by atoms with Crippen LogP contribution in [-0.2, 0) is 17.4 Å². The van der Waals surface area contributed by atoms with Gasteiger partial charge in [-0.3, -0.25) is 9.59 Å². The maximum Gasteiger partial charge on any atom is 0.573 e. The quantitative estimate of drug-likeness (QED) is 0.410. The first-order valence-corrected chi connectivity index (χ1v) is 11.5. The summed E-state index contributed by atoms with van der Waals surface area (Å²) in [5.74, 6) is -3.52. The zero-order valence-corrected chi connectivity index (χ0v) is 20.2. The Kier molecular flexibility index (Phi) is 7.88. The summed E-state index contributed by atoms with van der Waals surface area (Å²) in [4.78, 5) is 35.1. The third-order valence-electron chi connectivity index (χ3n) is 5.88. The highest BCUT2D eigenvalue weighted by atomic mass is 19.4. The number of likely N-dealkylation sites (tertiary alicyclic amines) is 1. The first-order valence-electron chi connectivity index (χ1n) is 11.5. The molecule has 214 valence electrons. The molecule has 0 bridgehead atoms. The number of ether oxygens (including phenoxy) is 2. The maximum absolute atomic E-state index is 15.0. The van der Waals surface area contributed by atoms with Gasteiger partial charge in [0, 0.05) is 24.7 Å². The van der Waals surface area contributed by atoms with Crippen LogP contribution in [0, 0.1) is 0 Å². The van der Waals surface area contributed by atoms with Gasteiger partial charge < -0.3 is 25.1 Å². The van der Waals surface area contributed by atoms with E-state index in [4.69, 9.17) is 10.5 Å². The van der Waals surface area contributed by atoms with Gasteiger partial charge in [-0.2, -0.15) is 13.2 Å². The van der Waals surface area contributed by atoms with Crippen LogP contribution in [0.15, 0.2) is 42.7 Å². The number of H-pyrrole nitrogens is 1. The molecule has 3 aromatic rings. The number of pyridine rings is 1. The second-order valence-corrected chi connectivity index (χ2v) is 8.75. The summed E-state index contributed by atoms with van der Waals surface area (Å²) in [6, 6.07) is 5.83. The average Bonchev–Trinajstić information content (AvgIpc) is 3.37. The standard InChI is InChI=1S/C24H20F7N5O4/c25-16-11-36(19(37)7-12-1-3-14(4-2-12)40-24(29,30)31)6-5-18(16)39-21-15(20(32)38)8-13(9-33-21)17-10-34-22(35-17)23(26,27)28/h1-4,8-10,16,18H,5-7,11H2,(H2,32,38)(H,34,35)/t16-,18+/m0/s1. The molecule has 1 fully saturated rings. The fraction of sp³-hybridized carbons (Fsp3) is 0.333. The number of hydrogen-bond donors (Lipinski definition) is 2. The minimum Gasteiger partial charge on any atom is -0.471 e. The molecular weight excluding hydrogens is 555 g/mol. The van der Waals surface area contributed by atoms with Gasteiger partial charge in [0.2, 0.25) is 17.6 Å². The van der Waals surface area contributed by atoms with Crippen molar-refractivity contribution in [1.29, 1.82) is 0 Å². The Balaban J connectivity index is 1.38. The van der Waals surface area contributed by atoms with Crippen LogP contribution in [0.4, 0.5) is 30.7 Å². The number of nitrogens with one attached hydrogen (secondary N) is 1. The molecule has 1 aliphatic heterocycles. The maximum atomic E-state index is 15.0. The van der Waals surface area contributed by atoms with Crippen molar-refractivity contribution in [3.05, 3.63) is 59.7 Å². The smallest absolute Gasteiger partial charge is 0.471 e. The molecule has 9 nitrogen and oxygen atoms in total. The number of nitrogens with zero attached hydrogens (tertiary/aromatic N) is 3. The second kappa shape index (κ2) is 11.0. The summed E-state index contributed by atoms with van der Waals surface area (Å²) < 4.78 is 99.7. The summed E-state index contributed by atoms with van der Waals surface area (Å²) in [6.45, 7) is -0.297. The molecule has 2 amide bonds. The van der Waals surface area contributed by atoms with Crippen LogP contribution in [0.25, 0.3) is 11.3 Å². The lowest BCUT2D eigenvalue weighted by atomic mass is 10.0. The van der Waals surface area contributed by atoms with Crippen molar-refractivity contribution in [3.8, 4) is 22.9 Å². The van der Waals surface area contributed by atoms with E-state index in [1.807, 2.05) is 0 Å². The van der Waals surface area contributed by atoms with Gasteiger partial charge in [-0.1, -0.05) is 12.1 Å². The molecule has 1 aromatic carbocycles. The van der Waals surface area contributed by atoms with Gasteiger partial charge in [0.05, 0.1) is 24.9 Å². The minimum absolute atomic E-state index is 0.00237. The molecule has 1 aliphatic rings. The van der Waals surface area contributed by atoms with Crippen molar-refractivity contribution < 1.29 is 49.8 Å². The number of halogens is 7. The monoisotopic (exact) mass is 575 g/mol. The van der Waals surface area contributed by atoms with Crippen molar-refractivity contribution >= 4 is 11.8 Å². The Morgan fingerprint density at radius 1 is 1.07 bits per heavy atom. The van der Waals surface area contributed by atoms with Gasteiger partial charge in [-0.15, -0.1) is 13.2 Å². The number of amides is 2. The number of aromatic amines is 1. The van der Waals surface area contributed by atoms with Crippen molar-refractivity contribution in [3.63, 3.8) is 0 Å². The molecule has 16 heteroatoms. The SMILES string of the molecule is NC(=O)c1cc(-c2cnc(C(F)(F)F)[nH]2)cnc1O[C@@H]1CCN(C(=O)Cc2ccc(OC(F)(F)F)cc2)C[C@@H]1F. The first kappa shape index (κ1) is 28.6. The van der Waals surface area contributed by atoms with Crippen LogP contribution in [-0.4, -0.2) is 63.4 Å². The molecule has 4 rings (SSSR count). The van der Waals surface area contributed by atoms with Gasteiger partial charge in [0.1, 0.15) is 17.4 Å². The Labute approximate surface area is 221 Å². The number of primary amides is 1. The number of alkyl halides is 7. The lowest BCUT2D eigenvalue weighted by molar-refractivity contribution is -0.274. The van der Waals surface area contributed by atoms with E-state index in [-0.39, 0.29) is 48.6 Å². The number of rotatable bonds is 7. The Bertz CT molecular complexity index is 1380. The average molecular weight is 575 g/mol. The number of aromatic nitrogens is 3. The number of nitrogens with two attached hydrogens (primary N) is 1. The van der Waals surface area contributed by atoms with Crippen LogP contribution in [0.5, 0.6) is 11.6 Å². The highest BCUT2D eigenvalue weighted by Gasteiger charge is 2.36. The fourth-order valence-electron chi connectivity index (χ4n) is 3.96. The molecule has 0 radical (unpaired) electrons. The van der Waals surface area contributed by atoms with Gasteiger partial charge >= 0.3 is 12.5 Å². The van der Waals surface area contributed by atoms with E-state index >= 15 is 0 Å². The van der Waals surface area contributed by atoms with Gasteiger partial charge in [-0.05, 0) is 23.8 Å². The van der Waals surface area contributed by atoms with Crippen LogP contribution in [0.1, 0.15) is 28.2 Å². The van der Waals surface area contributed by atoms with E-state index < -0.39 is 48.2 Å². The molecule has 0 aliphatic carbocycles. The van der Waals surface area contributed by atoms with Crippen molar-refractivity contribution in [2.45, 2.75) is 37.7 Å². The summed E-state index contributed by atoms with van der Waals surface area (Å²) in [5, 5.41) is 0. The molecular formula is C24H20F7N5O4. The summed E-state index contributed by atoms with van der Waals surface area (Å²) in [7, 11) is 0. The zero-order valence-electron chi connectivity index (χ0n) is 20.2. The molecule has 2 atom stereocenters. The molecule has 2 aromatic heterocycles. The minimum atomic E-state index is -4.85. The normalized spacial score (nSPS) is 17.9. The van der Waals surface area contributed by atoms with E-state index in [0.717, 1.165) is 30.6 Å². The molecule has 0 unspecified atom stereocenters. The van der Waals surface area contributed by atoms with Crippen LogP contribution in [0.2, 0.25) is 0 Å². The van der Waals surface area contributed by atoms with E-state index in [0.29, 0.717) is 5.56 Å². The summed E-state index contributed by atoms with van der Waals surface area (Å²) >= 11 is 0. The zero-order chi connectivity index (χ0) is 29.2. The Morgan fingerprint density at radius 3 is 2.35 bits per heavy atom. The molecule has 3 N–H and O–H groups in total. The van der Waals surface area contributed by atoms with E-state index in [2.05, 4.69) is 19.7 Å². The van der Waals surface area contributed by atoms with E-state index in [1.54, 1.807) is 0 Å². The van der Waals surface area contributed by atoms with Gasteiger partial charge in [-0.25, -0.2) is 14.4 Å². The number of carbonyl (C=O) groups excluding carboxylic acids is 2. The Hall–Kier alpha value is -4.37. The predicted molar refractivity (Wildman–Crippen MR) is 123 cm³/mol. The van der Waals surface area contributed by atoms with Crippen molar-refractivity contribution in [2.75, 3.05) is 13.1 Å². The van der Waals surface area contributed by atoms with Crippen molar-refractivity contribution in [1.82, 2.24) is 19.9 Å². The second-order valence-electron chi connectivity index (χ2n) is 8.75. The highest BCUT2D eigenvalue weighted by Crippen LogP contribution is 2.31. The third kappa shape index (κ3) is 6.98. The summed E-state index contributed by atoms with van der Waals surface area (Å²) in [5.41, 5.74) is 5.43. The predicted octanol–water partition coefficient (Wildman–Crippen LogP) is 4.05. The number of carbonyl (C=O) groups is 2. The lowest BCUT2D eigenvalue weighted by Gasteiger charge is -2.34. The number of benzene rings is 1. The molecule has 0 spiro atoms. The summed E-state index contributed by atoms with van der Waals surface area (Å²) in [6.07, 6.45) is -10.6. The molecule has 0 saturated carbocycles. The number of hydrogen-bond acceptors (Lipinski definition) is 6. The fourth-order valence-corrected chi connectivity index (χ4v) is 3.96. The van der Waals surface area contributed by atoms with E-state index in [9.17, 15) is 40.3 Å². The molecule has 40 heavy (non-hydrogen) atoms. The van der Waals surface area contributed by atoms with Crippen LogP contribution >= 0.6 is 0 Å². The van der Waals surface area contributed by atoms with Crippen molar-refractivity contribution in [2.24, 2.45) is 5.73 Å². The third-order valence-corrected chi connectivity index (χ3v) is 5.88. The number of piperidine rings is 1. The molecule has 3 heterocycles. The topological polar surface area (TPSA) is 123 Å². The molecule has 1 saturated heterocycles. The highest BCUT2D eigenvalue weighted by molar-refractivity contribution is 5.96. The largest absolute Gasteiger partial charge is 0.573 e. The first-order chi connectivity index (χ1) is 18.7. The van der Waals surface area contributed by atoms with E-state index in [1.165, 1.54) is 17.0 Å². The van der Waals surface area contributed by atoms with Crippen LogP contribution in [0.3, 0.4) is 0 Å².